The van der Waals surface area contributed by atoms with Crippen LogP contribution in [0.15, 0.2) is 85.1 Å². The van der Waals surface area contributed by atoms with Crippen LogP contribution >= 0.6 is 0 Å². The lowest BCUT2D eigenvalue weighted by molar-refractivity contribution is -0.162. The van der Waals surface area contributed by atoms with Gasteiger partial charge in [0.05, 0.1) is 6.61 Å². The molecule has 0 rings (SSSR count). The molecule has 5 heteroatoms. The summed E-state index contributed by atoms with van der Waals surface area (Å²) in [6, 6.07) is 0. The number of hydrogen-bond donors (Lipinski definition) is 0. The zero-order chi connectivity index (χ0) is 42.1. The van der Waals surface area contributed by atoms with E-state index in [2.05, 4.69) is 99.8 Å². The van der Waals surface area contributed by atoms with Crippen LogP contribution in [0.2, 0.25) is 0 Å². The lowest BCUT2D eigenvalue weighted by Crippen LogP contribution is -2.30. The fourth-order valence-electron chi connectivity index (χ4n) is 6.32. The van der Waals surface area contributed by atoms with Crippen molar-refractivity contribution in [2.75, 3.05) is 19.8 Å². The third kappa shape index (κ3) is 45.8. The Labute approximate surface area is 359 Å². The second-order valence-corrected chi connectivity index (χ2v) is 15.6. The summed E-state index contributed by atoms with van der Waals surface area (Å²) in [4.78, 5) is 25.3. The quantitative estimate of drug-likeness (QED) is 0.0349. The highest BCUT2D eigenvalue weighted by Gasteiger charge is 2.17. The fraction of sp³-hybridized carbons (Fsp3) is 0.698. The molecule has 0 fully saturated rings. The Morgan fingerprint density at radius 1 is 0.397 bits per heavy atom. The molecule has 0 aromatic carbocycles. The number of carbonyl (C=O) groups is 2. The van der Waals surface area contributed by atoms with E-state index >= 15 is 0 Å². The first-order valence-electron chi connectivity index (χ1n) is 24.1. The zero-order valence-electron chi connectivity index (χ0n) is 38.0. The molecule has 0 N–H and O–H groups in total. The van der Waals surface area contributed by atoms with Crippen LogP contribution in [0.3, 0.4) is 0 Å². The van der Waals surface area contributed by atoms with E-state index in [1.54, 1.807) is 0 Å². The van der Waals surface area contributed by atoms with Gasteiger partial charge in [0.15, 0.2) is 6.10 Å². The third-order valence-electron chi connectivity index (χ3n) is 9.88. The zero-order valence-corrected chi connectivity index (χ0v) is 38.0. The van der Waals surface area contributed by atoms with E-state index in [0.29, 0.717) is 25.9 Å². The van der Waals surface area contributed by atoms with Gasteiger partial charge in [0.25, 0.3) is 0 Å². The molecule has 0 aromatic heterocycles. The van der Waals surface area contributed by atoms with Gasteiger partial charge in [-0.3, -0.25) is 9.59 Å². The standard InChI is InChI=1S/C53H90O5/c1-4-7-10-13-16-19-22-25-26-27-30-33-36-39-42-45-48-56-49-51(58-53(55)47-44-41-38-35-32-29-24-21-18-15-12-9-6-3)50-57-52(54)46-43-40-37-34-31-28-23-20-17-14-11-8-5-2/h8,11-12,15,17,20-21,24-26,28,31,37,40,51H,4-7,9-10,13-14,16,18-19,22-23,27,29-30,32-36,38-39,41-50H2,1-3H3/b11-8-,15-12-,20-17-,24-21-,26-25-,31-28-,40-37-. The van der Waals surface area contributed by atoms with Gasteiger partial charge in [-0.05, 0) is 96.3 Å². The molecule has 0 aliphatic heterocycles. The molecule has 0 aliphatic rings. The lowest BCUT2D eigenvalue weighted by Gasteiger charge is -2.18. The highest BCUT2D eigenvalue weighted by Crippen LogP contribution is 2.12. The Morgan fingerprint density at radius 2 is 0.845 bits per heavy atom. The normalized spacial score (nSPS) is 12.9. The molecule has 1 atom stereocenters. The predicted octanol–water partition coefficient (Wildman–Crippen LogP) is 16.1. The number of allylic oxidation sites excluding steroid dienone is 14. The van der Waals surface area contributed by atoms with E-state index in [1.807, 2.05) is 6.08 Å². The monoisotopic (exact) mass is 807 g/mol. The van der Waals surface area contributed by atoms with Crippen molar-refractivity contribution in [1.29, 1.82) is 0 Å². The Morgan fingerprint density at radius 3 is 1.40 bits per heavy atom. The van der Waals surface area contributed by atoms with Gasteiger partial charge >= 0.3 is 11.9 Å². The van der Waals surface area contributed by atoms with Crippen molar-refractivity contribution in [2.45, 2.75) is 219 Å². The number of rotatable bonds is 43. The van der Waals surface area contributed by atoms with Crippen molar-refractivity contribution in [2.24, 2.45) is 0 Å². The summed E-state index contributed by atoms with van der Waals surface area (Å²) < 4.78 is 17.3. The molecular weight excluding hydrogens is 717 g/mol. The molecule has 0 amide bonds. The average molecular weight is 807 g/mol. The molecule has 58 heavy (non-hydrogen) atoms. The second kappa shape index (κ2) is 48.4. The minimum Gasteiger partial charge on any atom is -0.462 e. The smallest absolute Gasteiger partial charge is 0.306 e. The molecule has 0 saturated carbocycles. The van der Waals surface area contributed by atoms with Gasteiger partial charge in [-0.2, -0.15) is 0 Å². The summed E-state index contributed by atoms with van der Waals surface area (Å²) in [7, 11) is 0. The van der Waals surface area contributed by atoms with Gasteiger partial charge in [0.2, 0.25) is 0 Å². The molecule has 0 bridgehead atoms. The molecule has 332 valence electrons. The van der Waals surface area contributed by atoms with Gasteiger partial charge in [0.1, 0.15) is 6.61 Å². The Balaban J connectivity index is 4.38. The van der Waals surface area contributed by atoms with Crippen LogP contribution in [0.5, 0.6) is 0 Å². The first-order chi connectivity index (χ1) is 28.6. The Kier molecular flexibility index (Phi) is 46.0. The van der Waals surface area contributed by atoms with Crippen molar-refractivity contribution in [1.82, 2.24) is 0 Å². The maximum atomic E-state index is 12.7. The molecular formula is C53H90O5. The van der Waals surface area contributed by atoms with Crippen molar-refractivity contribution >= 4 is 11.9 Å². The van der Waals surface area contributed by atoms with Gasteiger partial charge in [-0.1, -0.05) is 189 Å². The maximum absolute atomic E-state index is 12.7. The largest absolute Gasteiger partial charge is 0.462 e. The maximum Gasteiger partial charge on any atom is 0.306 e. The van der Waals surface area contributed by atoms with Crippen molar-refractivity contribution in [3.05, 3.63) is 85.1 Å². The number of hydrogen-bond acceptors (Lipinski definition) is 5. The number of ether oxygens (including phenoxy) is 3. The molecule has 1 unspecified atom stereocenters. The van der Waals surface area contributed by atoms with E-state index < -0.39 is 6.10 Å². The van der Waals surface area contributed by atoms with E-state index in [9.17, 15) is 9.59 Å². The van der Waals surface area contributed by atoms with E-state index in [4.69, 9.17) is 14.2 Å². The van der Waals surface area contributed by atoms with Crippen LogP contribution < -0.4 is 0 Å². The van der Waals surface area contributed by atoms with Crippen LogP contribution in [-0.4, -0.2) is 37.9 Å². The van der Waals surface area contributed by atoms with Crippen molar-refractivity contribution in [3.63, 3.8) is 0 Å². The summed E-state index contributed by atoms with van der Waals surface area (Å²) in [5, 5.41) is 0. The summed E-state index contributed by atoms with van der Waals surface area (Å²) in [6.45, 7) is 7.53. The number of unbranched alkanes of at least 4 members (excludes halogenated alkanes) is 18. The molecule has 0 heterocycles. The summed E-state index contributed by atoms with van der Waals surface area (Å²) in [5.74, 6) is -0.514. The molecule has 5 nitrogen and oxygen atoms in total. The van der Waals surface area contributed by atoms with Crippen LogP contribution in [-0.2, 0) is 23.8 Å². The average Bonchev–Trinajstić information content (AvgIpc) is 3.22. The van der Waals surface area contributed by atoms with Gasteiger partial charge in [0, 0.05) is 19.4 Å². The fourth-order valence-corrected chi connectivity index (χ4v) is 6.32. The van der Waals surface area contributed by atoms with Crippen LogP contribution in [0.1, 0.15) is 213 Å². The first-order valence-corrected chi connectivity index (χ1v) is 24.1. The number of carbonyl (C=O) groups excluding carboxylic acids is 2. The van der Waals surface area contributed by atoms with Crippen LogP contribution in [0.4, 0.5) is 0 Å². The molecule has 0 saturated heterocycles. The Bertz CT molecular complexity index is 1090. The van der Waals surface area contributed by atoms with E-state index in [0.717, 1.165) is 77.0 Å². The van der Waals surface area contributed by atoms with Crippen LogP contribution in [0, 0.1) is 0 Å². The van der Waals surface area contributed by atoms with Gasteiger partial charge in [-0.25, -0.2) is 0 Å². The highest BCUT2D eigenvalue weighted by molar-refractivity contribution is 5.70. The topological polar surface area (TPSA) is 61.8 Å². The third-order valence-corrected chi connectivity index (χ3v) is 9.88. The van der Waals surface area contributed by atoms with Crippen molar-refractivity contribution < 1.29 is 23.8 Å². The molecule has 0 aromatic rings. The highest BCUT2D eigenvalue weighted by atomic mass is 16.6. The summed E-state index contributed by atoms with van der Waals surface area (Å²) >= 11 is 0. The first kappa shape index (κ1) is 55.1. The Hall–Kier alpha value is -2.92. The van der Waals surface area contributed by atoms with E-state index in [1.165, 1.54) is 96.3 Å². The molecule has 0 radical (unpaired) electrons. The predicted molar refractivity (Wildman–Crippen MR) is 251 cm³/mol. The molecule has 0 aliphatic carbocycles. The lowest BCUT2D eigenvalue weighted by atomic mass is 10.1. The van der Waals surface area contributed by atoms with Gasteiger partial charge in [-0.15, -0.1) is 0 Å². The summed E-state index contributed by atoms with van der Waals surface area (Å²) in [5.41, 5.74) is 0. The summed E-state index contributed by atoms with van der Waals surface area (Å²) in [6.07, 6.45) is 63.1. The van der Waals surface area contributed by atoms with E-state index in [-0.39, 0.29) is 25.2 Å². The van der Waals surface area contributed by atoms with Crippen LogP contribution in [0.25, 0.3) is 0 Å². The van der Waals surface area contributed by atoms with Crippen molar-refractivity contribution in [3.8, 4) is 0 Å². The minimum absolute atomic E-state index is 0.0358. The molecule has 0 spiro atoms. The second-order valence-electron chi connectivity index (χ2n) is 15.6. The minimum atomic E-state index is -0.577. The SMILES string of the molecule is CC/C=C\C/C=C\C/C=C\C/C=C\CCC(=O)OCC(COCCCCCCCC/C=C\CCCCCCCC)OC(=O)CCCCCCC/C=C\C/C=C\CCC. The van der Waals surface area contributed by atoms with Gasteiger partial charge < -0.3 is 14.2 Å². The number of esters is 2.